The first-order valence-electron chi connectivity index (χ1n) is 6.07. The van der Waals surface area contributed by atoms with Gasteiger partial charge >= 0.3 is 0 Å². The molecule has 1 aromatic carbocycles. The SMILES string of the molecule is Cc1ncoc1C(=O)NCc1ccc(C#CCO)cc1. The van der Waals surface area contributed by atoms with Crippen molar-refractivity contribution in [1.29, 1.82) is 0 Å². The Balaban J connectivity index is 1.94. The summed E-state index contributed by atoms with van der Waals surface area (Å²) in [5.41, 5.74) is 2.34. The van der Waals surface area contributed by atoms with Gasteiger partial charge in [0.25, 0.3) is 5.91 Å². The second-order valence-electron chi connectivity index (χ2n) is 4.11. The van der Waals surface area contributed by atoms with E-state index in [4.69, 9.17) is 9.52 Å². The Bertz CT molecular complexity index is 648. The molecule has 0 fully saturated rings. The first kappa shape index (κ1) is 13.8. The average molecular weight is 270 g/mol. The smallest absolute Gasteiger partial charge is 0.289 e. The number of rotatable bonds is 3. The summed E-state index contributed by atoms with van der Waals surface area (Å²) in [6.45, 7) is 1.95. The van der Waals surface area contributed by atoms with Crippen molar-refractivity contribution in [2.75, 3.05) is 6.61 Å². The van der Waals surface area contributed by atoms with Gasteiger partial charge < -0.3 is 14.8 Å². The molecule has 0 radical (unpaired) electrons. The number of aliphatic hydroxyl groups excluding tert-OH is 1. The molecule has 0 unspecified atom stereocenters. The zero-order valence-electron chi connectivity index (χ0n) is 11.0. The fraction of sp³-hybridized carbons (Fsp3) is 0.200. The second-order valence-corrected chi connectivity index (χ2v) is 4.11. The first-order chi connectivity index (χ1) is 9.70. The lowest BCUT2D eigenvalue weighted by Crippen LogP contribution is -2.23. The Labute approximate surface area is 116 Å². The van der Waals surface area contributed by atoms with Crippen molar-refractivity contribution in [1.82, 2.24) is 10.3 Å². The van der Waals surface area contributed by atoms with Gasteiger partial charge in [0.2, 0.25) is 5.76 Å². The van der Waals surface area contributed by atoms with Crippen molar-refractivity contribution in [2.24, 2.45) is 0 Å². The number of aromatic nitrogens is 1. The van der Waals surface area contributed by atoms with E-state index in [1.165, 1.54) is 6.39 Å². The molecule has 0 saturated heterocycles. The average Bonchev–Trinajstić information content (AvgIpc) is 2.90. The van der Waals surface area contributed by atoms with Gasteiger partial charge in [0, 0.05) is 12.1 Å². The quantitative estimate of drug-likeness (QED) is 0.823. The highest BCUT2D eigenvalue weighted by Gasteiger charge is 2.12. The number of carbonyl (C=O) groups excluding carboxylic acids is 1. The summed E-state index contributed by atoms with van der Waals surface area (Å²) >= 11 is 0. The number of nitrogens with zero attached hydrogens (tertiary/aromatic N) is 1. The molecule has 1 aromatic heterocycles. The molecule has 102 valence electrons. The molecule has 0 aliphatic rings. The number of benzene rings is 1. The minimum Gasteiger partial charge on any atom is -0.438 e. The number of hydrogen-bond acceptors (Lipinski definition) is 4. The molecule has 0 aliphatic heterocycles. The number of carbonyl (C=O) groups is 1. The largest absolute Gasteiger partial charge is 0.438 e. The van der Waals surface area contributed by atoms with Gasteiger partial charge in [0.1, 0.15) is 6.61 Å². The second kappa shape index (κ2) is 6.55. The lowest BCUT2D eigenvalue weighted by Gasteiger charge is -2.04. The summed E-state index contributed by atoms with van der Waals surface area (Å²) in [6, 6.07) is 7.41. The molecule has 5 nitrogen and oxygen atoms in total. The molecule has 0 saturated carbocycles. The highest BCUT2D eigenvalue weighted by molar-refractivity contribution is 5.92. The number of amides is 1. The molecule has 0 bridgehead atoms. The van der Waals surface area contributed by atoms with Gasteiger partial charge in [-0.25, -0.2) is 4.98 Å². The molecule has 2 rings (SSSR count). The minimum absolute atomic E-state index is 0.158. The Kier molecular flexibility index (Phi) is 4.53. The van der Waals surface area contributed by atoms with E-state index in [0.717, 1.165) is 11.1 Å². The summed E-state index contributed by atoms with van der Waals surface area (Å²) in [7, 11) is 0. The van der Waals surface area contributed by atoms with Crippen molar-refractivity contribution in [3.05, 3.63) is 53.2 Å². The monoisotopic (exact) mass is 270 g/mol. The molecule has 1 heterocycles. The van der Waals surface area contributed by atoms with Gasteiger partial charge in [-0.1, -0.05) is 24.0 Å². The van der Waals surface area contributed by atoms with Crippen molar-refractivity contribution in [3.63, 3.8) is 0 Å². The molecule has 20 heavy (non-hydrogen) atoms. The van der Waals surface area contributed by atoms with Gasteiger partial charge in [-0.15, -0.1) is 0 Å². The van der Waals surface area contributed by atoms with Crippen LogP contribution in [-0.4, -0.2) is 22.6 Å². The number of aliphatic hydroxyl groups is 1. The standard InChI is InChI=1S/C15H14N2O3/c1-11-14(20-10-17-11)15(19)16-9-13-6-4-12(5-7-13)3-2-8-18/h4-7,10,18H,8-9H2,1H3,(H,16,19). The molecule has 5 heteroatoms. The number of nitrogens with one attached hydrogen (secondary N) is 1. The summed E-state index contributed by atoms with van der Waals surface area (Å²) in [6.07, 6.45) is 1.25. The summed E-state index contributed by atoms with van der Waals surface area (Å²) in [5.74, 6) is 5.33. The third-order valence-electron chi connectivity index (χ3n) is 2.67. The zero-order valence-corrected chi connectivity index (χ0v) is 11.0. The molecule has 0 atom stereocenters. The van der Waals surface area contributed by atoms with Crippen LogP contribution in [0.4, 0.5) is 0 Å². The van der Waals surface area contributed by atoms with Gasteiger partial charge in [0.15, 0.2) is 6.39 Å². The van der Waals surface area contributed by atoms with Crippen LogP contribution in [0.1, 0.15) is 27.4 Å². The Hall–Kier alpha value is -2.58. The Morgan fingerprint density at radius 3 is 2.75 bits per heavy atom. The van der Waals surface area contributed by atoms with Crippen LogP contribution in [0, 0.1) is 18.8 Å². The van der Waals surface area contributed by atoms with Crippen molar-refractivity contribution in [2.45, 2.75) is 13.5 Å². The lowest BCUT2D eigenvalue weighted by molar-refractivity contribution is 0.0922. The summed E-state index contributed by atoms with van der Waals surface area (Å²) in [5, 5.41) is 11.4. The third kappa shape index (κ3) is 3.46. The van der Waals surface area contributed by atoms with Crippen LogP contribution in [-0.2, 0) is 6.54 Å². The first-order valence-corrected chi connectivity index (χ1v) is 6.07. The van der Waals surface area contributed by atoms with Crippen molar-refractivity contribution in [3.8, 4) is 11.8 Å². The fourth-order valence-corrected chi connectivity index (χ4v) is 1.63. The molecular weight excluding hydrogens is 256 g/mol. The van der Waals surface area contributed by atoms with Crippen LogP contribution in [0.3, 0.4) is 0 Å². The van der Waals surface area contributed by atoms with E-state index in [9.17, 15) is 4.79 Å². The van der Waals surface area contributed by atoms with Gasteiger partial charge in [-0.3, -0.25) is 4.79 Å². The molecular formula is C15H14N2O3. The minimum atomic E-state index is -0.288. The molecule has 1 amide bonds. The van der Waals surface area contributed by atoms with Crippen LogP contribution >= 0.6 is 0 Å². The molecule has 2 N–H and O–H groups in total. The van der Waals surface area contributed by atoms with Crippen LogP contribution in [0.2, 0.25) is 0 Å². The molecule has 0 spiro atoms. The predicted molar refractivity (Wildman–Crippen MR) is 72.8 cm³/mol. The third-order valence-corrected chi connectivity index (χ3v) is 2.67. The maximum absolute atomic E-state index is 11.8. The van der Waals surface area contributed by atoms with Gasteiger partial charge in [-0.2, -0.15) is 0 Å². The van der Waals surface area contributed by atoms with Crippen molar-refractivity contribution < 1.29 is 14.3 Å². The maximum atomic E-state index is 11.8. The highest BCUT2D eigenvalue weighted by atomic mass is 16.3. The highest BCUT2D eigenvalue weighted by Crippen LogP contribution is 2.06. The van der Waals surface area contributed by atoms with Gasteiger partial charge in [0.05, 0.1) is 5.69 Å². The maximum Gasteiger partial charge on any atom is 0.289 e. The van der Waals surface area contributed by atoms with Crippen LogP contribution < -0.4 is 5.32 Å². The summed E-state index contributed by atoms with van der Waals surface area (Å²) in [4.78, 5) is 15.7. The van der Waals surface area contributed by atoms with Crippen LogP contribution in [0.5, 0.6) is 0 Å². The van der Waals surface area contributed by atoms with E-state index in [0.29, 0.717) is 12.2 Å². The normalized spacial score (nSPS) is 9.70. The van der Waals surface area contributed by atoms with E-state index >= 15 is 0 Å². The zero-order chi connectivity index (χ0) is 14.4. The van der Waals surface area contributed by atoms with Crippen LogP contribution in [0.15, 0.2) is 35.1 Å². The Morgan fingerprint density at radius 1 is 1.40 bits per heavy atom. The molecule has 0 aliphatic carbocycles. The topological polar surface area (TPSA) is 75.4 Å². The Morgan fingerprint density at radius 2 is 2.15 bits per heavy atom. The number of hydrogen-bond donors (Lipinski definition) is 2. The lowest BCUT2D eigenvalue weighted by atomic mass is 10.1. The number of oxazole rings is 1. The van der Waals surface area contributed by atoms with E-state index in [2.05, 4.69) is 22.1 Å². The van der Waals surface area contributed by atoms with Gasteiger partial charge in [-0.05, 0) is 24.6 Å². The van der Waals surface area contributed by atoms with E-state index in [1.807, 2.05) is 24.3 Å². The molecule has 2 aromatic rings. The van der Waals surface area contributed by atoms with E-state index in [1.54, 1.807) is 6.92 Å². The van der Waals surface area contributed by atoms with E-state index < -0.39 is 0 Å². The number of aryl methyl sites for hydroxylation is 1. The predicted octanol–water partition coefficient (Wildman–Crippen LogP) is 1.26. The van der Waals surface area contributed by atoms with E-state index in [-0.39, 0.29) is 18.3 Å². The van der Waals surface area contributed by atoms with Crippen LogP contribution in [0.25, 0.3) is 0 Å². The van der Waals surface area contributed by atoms with Crippen molar-refractivity contribution >= 4 is 5.91 Å². The summed E-state index contributed by atoms with van der Waals surface area (Å²) < 4.78 is 5.01. The fourth-order valence-electron chi connectivity index (χ4n) is 1.63.